The molecule has 1 aromatic rings. The lowest BCUT2D eigenvalue weighted by Crippen LogP contribution is -2.22. The Hall–Kier alpha value is -0.970. The van der Waals surface area contributed by atoms with Gasteiger partial charge in [0.25, 0.3) is 0 Å². The Balaban J connectivity index is 0.000000191. The normalized spacial score (nSPS) is 19.4. The van der Waals surface area contributed by atoms with Gasteiger partial charge >= 0.3 is 5.97 Å². The van der Waals surface area contributed by atoms with E-state index in [2.05, 4.69) is 5.32 Å². The molecule has 106 valence electrons. The Morgan fingerprint density at radius 2 is 2.16 bits per heavy atom. The molecular weight excluding hydrogens is 287 g/mol. The van der Waals surface area contributed by atoms with Crippen LogP contribution in [-0.4, -0.2) is 24.2 Å². The van der Waals surface area contributed by atoms with Gasteiger partial charge < -0.3 is 16.2 Å². The summed E-state index contributed by atoms with van der Waals surface area (Å²) in [4.78, 5) is 10.5. The molecule has 0 aromatic heterocycles. The van der Waals surface area contributed by atoms with Crippen LogP contribution in [-0.2, 0) is 4.79 Å². The van der Waals surface area contributed by atoms with Crippen molar-refractivity contribution in [3.63, 3.8) is 0 Å². The fourth-order valence-corrected chi connectivity index (χ4v) is 2.12. The van der Waals surface area contributed by atoms with E-state index >= 15 is 0 Å². The highest BCUT2D eigenvalue weighted by molar-refractivity contribution is 6.42. The van der Waals surface area contributed by atoms with E-state index in [-0.39, 0.29) is 5.92 Å². The number of carboxylic acid groups (broad SMARTS) is 1. The molecule has 2 atom stereocenters. The van der Waals surface area contributed by atoms with Crippen molar-refractivity contribution in [1.29, 1.82) is 0 Å². The predicted octanol–water partition coefficient (Wildman–Crippen LogP) is 2.89. The zero-order valence-electron chi connectivity index (χ0n) is 10.7. The molecule has 2 unspecified atom stereocenters. The number of carboxylic acids is 1. The van der Waals surface area contributed by atoms with E-state index in [1.165, 1.54) is 0 Å². The van der Waals surface area contributed by atoms with Gasteiger partial charge in [-0.05, 0) is 43.6 Å². The van der Waals surface area contributed by atoms with Crippen molar-refractivity contribution in [2.24, 2.45) is 11.8 Å². The van der Waals surface area contributed by atoms with Crippen LogP contribution in [0.5, 0.6) is 0 Å². The van der Waals surface area contributed by atoms with Gasteiger partial charge in [-0.25, -0.2) is 0 Å². The second-order valence-corrected chi connectivity index (χ2v) is 5.37. The van der Waals surface area contributed by atoms with Gasteiger partial charge in [-0.3, -0.25) is 4.79 Å². The van der Waals surface area contributed by atoms with Crippen molar-refractivity contribution in [2.45, 2.75) is 13.3 Å². The van der Waals surface area contributed by atoms with E-state index in [1.807, 2.05) is 0 Å². The zero-order valence-corrected chi connectivity index (χ0v) is 12.2. The fourth-order valence-electron chi connectivity index (χ4n) is 1.82. The number of carbonyl (C=O) groups is 1. The number of halogens is 2. The topological polar surface area (TPSA) is 75.3 Å². The molecular formula is C13H18Cl2N2O2. The van der Waals surface area contributed by atoms with E-state index in [0.29, 0.717) is 21.7 Å². The maximum atomic E-state index is 10.5. The third kappa shape index (κ3) is 5.27. The summed E-state index contributed by atoms with van der Waals surface area (Å²) < 4.78 is 0. The molecule has 1 aromatic carbocycles. The molecule has 6 heteroatoms. The number of hydrogen-bond acceptors (Lipinski definition) is 3. The molecule has 1 aliphatic rings. The highest BCUT2D eigenvalue weighted by atomic mass is 35.5. The molecule has 1 heterocycles. The smallest absolute Gasteiger partial charge is 0.306 e. The van der Waals surface area contributed by atoms with Crippen molar-refractivity contribution in [3.8, 4) is 0 Å². The molecule has 1 saturated heterocycles. The average Bonchev–Trinajstić information content (AvgIpc) is 2.87. The van der Waals surface area contributed by atoms with Crippen LogP contribution in [0.25, 0.3) is 0 Å². The molecule has 0 bridgehead atoms. The molecule has 4 N–H and O–H groups in total. The minimum atomic E-state index is -0.672. The number of benzene rings is 1. The second kappa shape index (κ2) is 7.58. The van der Waals surface area contributed by atoms with Gasteiger partial charge in [0.1, 0.15) is 0 Å². The Morgan fingerprint density at radius 3 is 2.58 bits per heavy atom. The summed E-state index contributed by atoms with van der Waals surface area (Å²) in [6.07, 6.45) is 1.01. The van der Waals surface area contributed by atoms with Crippen LogP contribution in [0.2, 0.25) is 10.0 Å². The Labute approximate surface area is 122 Å². The van der Waals surface area contributed by atoms with Crippen LogP contribution in [0.4, 0.5) is 5.69 Å². The van der Waals surface area contributed by atoms with E-state index < -0.39 is 5.97 Å². The maximum absolute atomic E-state index is 10.5. The molecule has 2 rings (SSSR count). The first-order valence-electron chi connectivity index (χ1n) is 6.06. The van der Waals surface area contributed by atoms with E-state index in [0.717, 1.165) is 19.5 Å². The van der Waals surface area contributed by atoms with Crippen LogP contribution < -0.4 is 11.1 Å². The minimum Gasteiger partial charge on any atom is -0.481 e. The summed E-state index contributed by atoms with van der Waals surface area (Å²) >= 11 is 11.2. The van der Waals surface area contributed by atoms with Gasteiger partial charge in [0, 0.05) is 5.69 Å². The van der Waals surface area contributed by atoms with Crippen LogP contribution in [0.15, 0.2) is 18.2 Å². The fraction of sp³-hybridized carbons (Fsp3) is 0.462. The van der Waals surface area contributed by atoms with Gasteiger partial charge in [0.2, 0.25) is 0 Å². The first-order valence-corrected chi connectivity index (χ1v) is 6.81. The summed E-state index contributed by atoms with van der Waals surface area (Å²) in [7, 11) is 0. The van der Waals surface area contributed by atoms with E-state index in [9.17, 15) is 4.79 Å². The zero-order chi connectivity index (χ0) is 14.4. The number of nitrogens with one attached hydrogen (secondary N) is 1. The lowest BCUT2D eigenvalue weighted by molar-refractivity contribution is -0.142. The molecule has 0 radical (unpaired) electrons. The van der Waals surface area contributed by atoms with Crippen LogP contribution >= 0.6 is 23.2 Å². The molecule has 1 aliphatic heterocycles. The number of anilines is 1. The minimum absolute atomic E-state index is 0.185. The molecule has 0 amide bonds. The monoisotopic (exact) mass is 304 g/mol. The van der Waals surface area contributed by atoms with E-state index in [4.69, 9.17) is 34.0 Å². The average molecular weight is 305 g/mol. The van der Waals surface area contributed by atoms with Crippen molar-refractivity contribution >= 4 is 34.9 Å². The number of rotatable bonds is 2. The van der Waals surface area contributed by atoms with Gasteiger partial charge in [0.15, 0.2) is 0 Å². The summed E-state index contributed by atoms with van der Waals surface area (Å²) in [6.45, 7) is 3.62. The Morgan fingerprint density at radius 1 is 1.47 bits per heavy atom. The van der Waals surface area contributed by atoms with Crippen molar-refractivity contribution in [1.82, 2.24) is 5.32 Å². The SMILES string of the molecule is CC(C(=O)O)C1CCNC1.Nc1ccc(Cl)c(Cl)c1. The van der Waals surface area contributed by atoms with Crippen molar-refractivity contribution in [3.05, 3.63) is 28.2 Å². The van der Waals surface area contributed by atoms with Gasteiger partial charge in [-0.2, -0.15) is 0 Å². The number of hydrogen-bond donors (Lipinski definition) is 3. The van der Waals surface area contributed by atoms with Crippen LogP contribution in [0.1, 0.15) is 13.3 Å². The quantitative estimate of drug-likeness (QED) is 0.734. The van der Waals surface area contributed by atoms with Crippen molar-refractivity contribution in [2.75, 3.05) is 18.8 Å². The lowest BCUT2D eigenvalue weighted by Gasteiger charge is -2.11. The van der Waals surface area contributed by atoms with Crippen LogP contribution in [0, 0.1) is 11.8 Å². The molecule has 4 nitrogen and oxygen atoms in total. The first-order chi connectivity index (χ1) is 8.91. The highest BCUT2D eigenvalue weighted by Crippen LogP contribution is 2.23. The first kappa shape index (κ1) is 16.1. The van der Waals surface area contributed by atoms with Gasteiger partial charge in [0.05, 0.1) is 16.0 Å². The lowest BCUT2D eigenvalue weighted by atomic mass is 9.94. The molecule has 0 aliphatic carbocycles. The molecule has 1 fully saturated rings. The second-order valence-electron chi connectivity index (χ2n) is 4.55. The van der Waals surface area contributed by atoms with E-state index in [1.54, 1.807) is 25.1 Å². The predicted molar refractivity (Wildman–Crippen MR) is 78.7 cm³/mol. The summed E-state index contributed by atoms with van der Waals surface area (Å²) in [6, 6.07) is 4.98. The maximum Gasteiger partial charge on any atom is 0.306 e. The Kier molecular flexibility index (Phi) is 6.42. The van der Waals surface area contributed by atoms with Crippen molar-refractivity contribution < 1.29 is 9.90 Å². The molecule has 0 saturated carbocycles. The molecule has 19 heavy (non-hydrogen) atoms. The van der Waals surface area contributed by atoms with Gasteiger partial charge in [-0.1, -0.05) is 30.1 Å². The summed E-state index contributed by atoms with van der Waals surface area (Å²) in [5.74, 6) is -0.513. The number of nitrogen functional groups attached to an aromatic ring is 1. The largest absolute Gasteiger partial charge is 0.481 e. The molecule has 0 spiro atoms. The van der Waals surface area contributed by atoms with Gasteiger partial charge in [-0.15, -0.1) is 0 Å². The third-order valence-corrected chi connectivity index (χ3v) is 3.88. The third-order valence-electron chi connectivity index (χ3n) is 3.14. The standard InChI is InChI=1S/C7H13NO2.C6H5Cl2N/c1-5(7(9)10)6-2-3-8-4-6;7-5-2-1-4(9)3-6(5)8/h5-6,8H,2-4H2,1H3,(H,9,10);1-3H,9H2. The summed E-state index contributed by atoms with van der Waals surface area (Å²) in [5, 5.41) is 12.8. The number of aliphatic carboxylic acids is 1. The highest BCUT2D eigenvalue weighted by Gasteiger charge is 2.25. The number of nitrogens with two attached hydrogens (primary N) is 1. The van der Waals surface area contributed by atoms with Crippen LogP contribution in [0.3, 0.4) is 0 Å². The Bertz CT molecular complexity index is 435. The summed E-state index contributed by atoms with van der Waals surface area (Å²) in [5.41, 5.74) is 6.01.